The van der Waals surface area contributed by atoms with Crippen LogP contribution in [0.5, 0.6) is 0 Å². The molecule has 0 atom stereocenters. The van der Waals surface area contributed by atoms with Gasteiger partial charge < -0.3 is 4.74 Å². The fourth-order valence-corrected chi connectivity index (χ4v) is 2.91. The second-order valence-corrected chi connectivity index (χ2v) is 6.31. The Balaban J connectivity index is 2.12. The summed E-state index contributed by atoms with van der Waals surface area (Å²) in [5, 5.41) is 4.63. The van der Waals surface area contributed by atoms with Gasteiger partial charge in [-0.2, -0.15) is 0 Å². The maximum absolute atomic E-state index is 12.9. The van der Waals surface area contributed by atoms with E-state index in [1.165, 1.54) is 17.4 Å². The first-order valence-electron chi connectivity index (χ1n) is 8.35. The van der Waals surface area contributed by atoms with E-state index in [9.17, 15) is 18.0 Å². The van der Waals surface area contributed by atoms with Crippen molar-refractivity contribution in [3.8, 4) is 0 Å². The number of alkyl halides is 2. The van der Waals surface area contributed by atoms with Crippen molar-refractivity contribution in [2.45, 2.75) is 19.8 Å². The summed E-state index contributed by atoms with van der Waals surface area (Å²) in [4.78, 5) is 24.4. The lowest BCUT2D eigenvalue weighted by Gasteiger charge is -2.10. The highest BCUT2D eigenvalue weighted by Crippen LogP contribution is 2.24. The molecule has 0 saturated heterocycles. The van der Waals surface area contributed by atoms with Crippen LogP contribution < -0.4 is 5.32 Å². The molecule has 0 radical (unpaired) electrons. The Bertz CT molecular complexity index is 851. The van der Waals surface area contributed by atoms with E-state index in [1.54, 1.807) is 12.4 Å². The molecule has 0 aliphatic carbocycles. The van der Waals surface area contributed by atoms with Crippen molar-refractivity contribution in [2.75, 3.05) is 25.6 Å². The number of amides is 1. The number of hydrogen-bond acceptors (Lipinski definition) is 6. The fraction of sp³-hybridized carbons (Fsp3) is 0.333. The van der Waals surface area contributed by atoms with Gasteiger partial charge in [0.25, 0.3) is 12.3 Å². The molecule has 0 aliphatic heterocycles. The third kappa shape index (κ3) is 6.24. The summed E-state index contributed by atoms with van der Waals surface area (Å²) < 4.78 is 42.5. The van der Waals surface area contributed by atoms with E-state index >= 15 is 0 Å². The van der Waals surface area contributed by atoms with Gasteiger partial charge in [-0.1, -0.05) is 13.0 Å². The average Bonchev–Trinajstić information content (AvgIpc) is 3.12. The molecule has 0 saturated carbocycles. The maximum atomic E-state index is 12.9. The highest BCUT2D eigenvalue weighted by Gasteiger charge is 2.16. The number of anilines is 1. The van der Waals surface area contributed by atoms with Gasteiger partial charge >= 0.3 is 0 Å². The lowest BCUT2D eigenvalue weighted by atomic mass is 10.1. The number of carbonyl (C=O) groups is 1. The molecule has 2 rings (SSSR count). The first kappa shape index (κ1) is 21.7. The van der Waals surface area contributed by atoms with E-state index in [2.05, 4.69) is 20.3 Å². The molecular weight excluding hydrogens is 393 g/mol. The maximum Gasteiger partial charge on any atom is 0.276 e. The van der Waals surface area contributed by atoms with Crippen LogP contribution in [0.2, 0.25) is 0 Å². The van der Waals surface area contributed by atoms with Gasteiger partial charge in [0, 0.05) is 18.0 Å². The van der Waals surface area contributed by atoms with Crippen LogP contribution in [0.15, 0.2) is 34.8 Å². The van der Waals surface area contributed by atoms with E-state index in [4.69, 9.17) is 4.74 Å². The first-order valence-corrected chi connectivity index (χ1v) is 9.23. The van der Waals surface area contributed by atoms with Crippen molar-refractivity contribution >= 4 is 33.7 Å². The van der Waals surface area contributed by atoms with Crippen LogP contribution in [0.25, 0.3) is 5.57 Å². The second-order valence-electron chi connectivity index (χ2n) is 5.46. The molecule has 6 nitrogen and oxygen atoms in total. The summed E-state index contributed by atoms with van der Waals surface area (Å²) >= 11 is 1.18. The fourth-order valence-electron chi connectivity index (χ4n) is 2.21. The summed E-state index contributed by atoms with van der Waals surface area (Å²) in [5.74, 6) is -1.06. The third-order valence-electron chi connectivity index (χ3n) is 3.43. The molecule has 0 bridgehead atoms. The van der Waals surface area contributed by atoms with Gasteiger partial charge in [0.15, 0.2) is 5.13 Å². The van der Waals surface area contributed by atoms with Crippen molar-refractivity contribution in [1.29, 1.82) is 0 Å². The number of allylic oxidation sites excluding steroid dienone is 1. The molecule has 2 aromatic rings. The number of carbonyl (C=O) groups excluding carboxylic acids is 1. The largest absolute Gasteiger partial charge is 0.369 e. The van der Waals surface area contributed by atoms with Crippen LogP contribution in [-0.4, -0.2) is 48.3 Å². The Morgan fingerprint density at radius 2 is 2.18 bits per heavy atom. The van der Waals surface area contributed by atoms with Crippen molar-refractivity contribution in [3.63, 3.8) is 0 Å². The molecule has 2 heterocycles. The van der Waals surface area contributed by atoms with E-state index in [0.29, 0.717) is 28.5 Å². The molecule has 1 amide bonds. The SMILES string of the molecule is CC/C=C(\C(COCC(F)F)=NC)c1csc(NC(=O)c2ccc(F)cn2)n1. The number of pyridine rings is 1. The normalized spacial score (nSPS) is 12.5. The van der Waals surface area contributed by atoms with Crippen molar-refractivity contribution in [2.24, 2.45) is 4.99 Å². The molecule has 0 unspecified atom stereocenters. The van der Waals surface area contributed by atoms with Gasteiger partial charge in [0.2, 0.25) is 0 Å². The predicted octanol–water partition coefficient (Wildman–Crippen LogP) is 4.08. The van der Waals surface area contributed by atoms with E-state index in [0.717, 1.165) is 12.3 Å². The Morgan fingerprint density at radius 1 is 1.39 bits per heavy atom. The molecule has 2 aromatic heterocycles. The van der Waals surface area contributed by atoms with E-state index in [1.807, 2.05) is 13.0 Å². The number of aliphatic imine (C=N–C) groups is 1. The number of thiazole rings is 1. The summed E-state index contributed by atoms with van der Waals surface area (Å²) in [5.41, 5.74) is 1.72. The zero-order valence-electron chi connectivity index (χ0n) is 15.3. The highest BCUT2D eigenvalue weighted by atomic mass is 32.1. The third-order valence-corrected chi connectivity index (χ3v) is 4.19. The van der Waals surface area contributed by atoms with Crippen LogP contribution in [0, 0.1) is 5.82 Å². The lowest BCUT2D eigenvalue weighted by Crippen LogP contribution is -2.16. The standard InChI is InChI=1S/C18H19F3N4O2S/c1-3-4-12(14(22-2)8-27-9-16(20)21)15-10-28-18(24-15)25-17(26)13-6-5-11(19)7-23-13/h4-7,10,16H,3,8-9H2,1-2H3,(H,24,25,26)/b12-4+,22-14?. The quantitative estimate of drug-likeness (QED) is 0.630. The number of halogens is 3. The first-order chi connectivity index (χ1) is 13.4. The zero-order valence-corrected chi connectivity index (χ0v) is 16.1. The van der Waals surface area contributed by atoms with E-state index < -0.39 is 24.8 Å². The average molecular weight is 412 g/mol. The summed E-state index contributed by atoms with van der Waals surface area (Å²) in [6, 6.07) is 2.41. The van der Waals surface area contributed by atoms with Gasteiger partial charge in [-0.15, -0.1) is 11.3 Å². The molecule has 0 aromatic carbocycles. The molecule has 0 fully saturated rings. The van der Waals surface area contributed by atoms with Gasteiger partial charge in [0.1, 0.15) is 18.1 Å². The Kier molecular flexibility index (Phi) is 8.27. The zero-order chi connectivity index (χ0) is 20.5. The Labute approximate surface area is 164 Å². The van der Waals surface area contributed by atoms with Crippen LogP contribution >= 0.6 is 11.3 Å². The summed E-state index contributed by atoms with van der Waals surface area (Å²) in [7, 11) is 1.54. The van der Waals surface area contributed by atoms with Crippen LogP contribution in [0.1, 0.15) is 29.5 Å². The molecule has 10 heteroatoms. The van der Waals surface area contributed by atoms with Crippen molar-refractivity contribution in [1.82, 2.24) is 9.97 Å². The number of ether oxygens (including phenoxy) is 1. The van der Waals surface area contributed by atoms with Gasteiger partial charge in [-0.25, -0.2) is 23.1 Å². The Hall–Kier alpha value is -2.59. The number of hydrogen-bond donors (Lipinski definition) is 1. The number of aromatic nitrogens is 2. The predicted molar refractivity (Wildman–Crippen MR) is 103 cm³/mol. The minimum atomic E-state index is -2.56. The van der Waals surface area contributed by atoms with Crippen LogP contribution in [0.4, 0.5) is 18.3 Å². The number of nitrogens with one attached hydrogen (secondary N) is 1. The highest BCUT2D eigenvalue weighted by molar-refractivity contribution is 7.14. The number of rotatable bonds is 9. The monoisotopic (exact) mass is 412 g/mol. The van der Waals surface area contributed by atoms with Gasteiger partial charge in [-0.05, 0) is 18.6 Å². The topological polar surface area (TPSA) is 76.5 Å². The van der Waals surface area contributed by atoms with Gasteiger partial charge in [-0.3, -0.25) is 15.1 Å². The van der Waals surface area contributed by atoms with Crippen LogP contribution in [0.3, 0.4) is 0 Å². The van der Waals surface area contributed by atoms with Gasteiger partial charge in [0.05, 0.1) is 24.2 Å². The smallest absolute Gasteiger partial charge is 0.276 e. The van der Waals surface area contributed by atoms with E-state index in [-0.39, 0.29) is 12.3 Å². The molecule has 0 spiro atoms. The van der Waals surface area contributed by atoms with Crippen molar-refractivity contribution < 1.29 is 22.7 Å². The minimum Gasteiger partial charge on any atom is -0.369 e. The summed E-state index contributed by atoms with van der Waals surface area (Å²) in [6.07, 6.45) is 0.920. The summed E-state index contributed by atoms with van der Waals surface area (Å²) in [6.45, 7) is 1.16. The molecular formula is C18H19F3N4O2S. The second kappa shape index (κ2) is 10.7. The molecule has 1 N–H and O–H groups in total. The molecule has 0 aliphatic rings. The number of nitrogens with zero attached hydrogens (tertiary/aromatic N) is 3. The molecule has 28 heavy (non-hydrogen) atoms. The van der Waals surface area contributed by atoms with Crippen molar-refractivity contribution in [3.05, 3.63) is 47.0 Å². The molecule has 150 valence electrons. The van der Waals surface area contributed by atoms with Crippen LogP contribution in [-0.2, 0) is 4.74 Å². The lowest BCUT2D eigenvalue weighted by molar-refractivity contribution is 0.0326. The Morgan fingerprint density at radius 3 is 2.79 bits per heavy atom. The minimum absolute atomic E-state index is 0.0543.